The number of carbonyl (C=O) groups is 2. The highest BCUT2D eigenvalue weighted by molar-refractivity contribution is 6.30. The molecular formula is C28H27ClFNO6. The molecule has 1 heterocycles. The second kappa shape index (κ2) is 10.7. The zero-order valence-corrected chi connectivity index (χ0v) is 21.5. The largest absolute Gasteiger partial charge is 0.497 e. The molecule has 0 bridgehead atoms. The number of hydrogen-bond acceptors (Lipinski definition) is 5. The molecule has 0 unspecified atom stereocenters. The fourth-order valence-electron chi connectivity index (χ4n) is 4.58. The van der Waals surface area contributed by atoms with E-state index in [4.69, 9.17) is 25.8 Å². The number of methoxy groups -OCH3 is 2. The summed E-state index contributed by atoms with van der Waals surface area (Å²) < 4.78 is 31.0. The molecule has 0 aliphatic carbocycles. The minimum absolute atomic E-state index is 0.0502. The summed E-state index contributed by atoms with van der Waals surface area (Å²) in [5, 5.41) is 9.51. The van der Waals surface area contributed by atoms with Crippen LogP contribution in [-0.2, 0) is 24.2 Å². The van der Waals surface area contributed by atoms with Gasteiger partial charge in [-0.2, -0.15) is 0 Å². The highest BCUT2D eigenvalue weighted by Crippen LogP contribution is 2.44. The van der Waals surface area contributed by atoms with E-state index in [1.54, 1.807) is 42.5 Å². The van der Waals surface area contributed by atoms with E-state index >= 15 is 0 Å². The normalized spacial score (nSPS) is 16.0. The zero-order chi connectivity index (χ0) is 26.7. The van der Waals surface area contributed by atoms with Gasteiger partial charge in [0.2, 0.25) is 0 Å². The van der Waals surface area contributed by atoms with E-state index in [9.17, 15) is 19.1 Å². The van der Waals surface area contributed by atoms with Crippen molar-refractivity contribution in [2.45, 2.75) is 31.9 Å². The van der Waals surface area contributed by atoms with Gasteiger partial charge in [-0.15, -0.1) is 0 Å². The smallest absolute Gasteiger partial charge is 0.323 e. The number of benzene rings is 3. The van der Waals surface area contributed by atoms with Crippen molar-refractivity contribution < 1.29 is 33.3 Å². The van der Waals surface area contributed by atoms with Crippen LogP contribution in [0.5, 0.6) is 17.2 Å². The molecule has 37 heavy (non-hydrogen) atoms. The van der Waals surface area contributed by atoms with Crippen LogP contribution in [0.15, 0.2) is 54.6 Å². The number of rotatable bonds is 9. The van der Waals surface area contributed by atoms with E-state index in [1.807, 2.05) is 6.92 Å². The fourth-order valence-corrected chi connectivity index (χ4v) is 4.70. The maximum Gasteiger partial charge on any atom is 0.323 e. The SMILES string of the molecule is COc1cccc(CN(CC(=O)O)C(=O)c2cc3c(c(OC)c2)O[C@@](C)(Cc2ccc(Cl)c(F)c2)C3)c1. The van der Waals surface area contributed by atoms with Crippen LogP contribution in [0.2, 0.25) is 5.02 Å². The molecular weight excluding hydrogens is 501 g/mol. The van der Waals surface area contributed by atoms with Crippen LogP contribution in [-0.4, -0.2) is 48.2 Å². The lowest BCUT2D eigenvalue weighted by Gasteiger charge is -2.24. The van der Waals surface area contributed by atoms with Crippen LogP contribution < -0.4 is 14.2 Å². The van der Waals surface area contributed by atoms with Crippen molar-refractivity contribution in [3.05, 3.63) is 87.7 Å². The maximum absolute atomic E-state index is 14.0. The second-order valence-electron chi connectivity index (χ2n) is 9.23. The predicted octanol–water partition coefficient (Wildman–Crippen LogP) is 5.16. The Balaban J connectivity index is 1.61. The standard InChI is InChI=1S/C28H27ClFNO6/c1-28(13-17-7-8-22(29)23(30)10-17)14-20-11-19(12-24(36-3)26(20)37-28)27(34)31(16-25(32)33)15-18-5-4-6-21(9-18)35-2/h4-12H,13-16H2,1-3H3,(H,32,33)/t28-/m0/s1. The highest BCUT2D eigenvalue weighted by atomic mass is 35.5. The number of fused-ring (bicyclic) bond motifs is 1. The van der Waals surface area contributed by atoms with Crippen molar-refractivity contribution in [3.8, 4) is 17.2 Å². The molecule has 194 valence electrons. The predicted molar refractivity (Wildman–Crippen MR) is 136 cm³/mol. The quantitative estimate of drug-likeness (QED) is 0.414. The monoisotopic (exact) mass is 527 g/mol. The first kappa shape index (κ1) is 26.3. The average Bonchev–Trinajstić information content (AvgIpc) is 3.20. The minimum atomic E-state index is -1.13. The molecule has 3 aromatic rings. The van der Waals surface area contributed by atoms with Gasteiger partial charge in [-0.1, -0.05) is 29.8 Å². The first-order valence-electron chi connectivity index (χ1n) is 11.6. The summed E-state index contributed by atoms with van der Waals surface area (Å²) >= 11 is 5.81. The summed E-state index contributed by atoms with van der Waals surface area (Å²) in [6.07, 6.45) is 0.849. The van der Waals surface area contributed by atoms with Gasteiger partial charge in [0.25, 0.3) is 5.91 Å². The summed E-state index contributed by atoms with van der Waals surface area (Å²) in [7, 11) is 3.01. The van der Waals surface area contributed by atoms with Gasteiger partial charge in [0, 0.05) is 30.5 Å². The molecule has 0 fully saturated rings. The first-order chi connectivity index (χ1) is 17.6. The van der Waals surface area contributed by atoms with Crippen molar-refractivity contribution in [1.82, 2.24) is 4.90 Å². The van der Waals surface area contributed by atoms with Crippen molar-refractivity contribution in [1.29, 1.82) is 0 Å². The first-order valence-corrected chi connectivity index (χ1v) is 12.0. The lowest BCUT2D eigenvalue weighted by molar-refractivity contribution is -0.137. The van der Waals surface area contributed by atoms with Crippen LogP contribution in [0, 0.1) is 5.82 Å². The van der Waals surface area contributed by atoms with Crippen LogP contribution in [0.1, 0.15) is 34.0 Å². The summed E-state index contributed by atoms with van der Waals surface area (Å²) in [4.78, 5) is 26.3. The minimum Gasteiger partial charge on any atom is -0.497 e. The summed E-state index contributed by atoms with van der Waals surface area (Å²) in [5.74, 6) is -0.609. The Hall–Kier alpha value is -3.78. The Morgan fingerprint density at radius 2 is 1.89 bits per heavy atom. The molecule has 0 spiro atoms. The van der Waals surface area contributed by atoms with Gasteiger partial charge in [0.05, 0.1) is 19.2 Å². The topological polar surface area (TPSA) is 85.3 Å². The number of amides is 1. The Bertz CT molecular complexity index is 1350. The number of carboxylic acids is 1. The number of carbonyl (C=O) groups excluding carboxylic acids is 1. The maximum atomic E-state index is 14.0. The van der Waals surface area contributed by atoms with Crippen molar-refractivity contribution in [2.24, 2.45) is 0 Å². The lowest BCUT2D eigenvalue weighted by Crippen LogP contribution is -2.35. The fraction of sp³-hybridized carbons (Fsp3) is 0.286. The summed E-state index contributed by atoms with van der Waals surface area (Å²) in [5.41, 5.74) is 1.77. The number of aliphatic carboxylic acids is 1. The van der Waals surface area contributed by atoms with Gasteiger partial charge in [0.15, 0.2) is 11.5 Å². The van der Waals surface area contributed by atoms with Gasteiger partial charge in [-0.3, -0.25) is 9.59 Å². The third-order valence-electron chi connectivity index (χ3n) is 6.19. The molecule has 9 heteroatoms. The van der Waals surface area contributed by atoms with Crippen molar-refractivity contribution in [3.63, 3.8) is 0 Å². The molecule has 4 rings (SSSR count). The summed E-state index contributed by atoms with van der Waals surface area (Å²) in [6.45, 7) is 1.50. The van der Waals surface area contributed by atoms with Crippen molar-refractivity contribution >= 4 is 23.5 Å². The van der Waals surface area contributed by atoms with Crippen LogP contribution in [0.3, 0.4) is 0 Å². The molecule has 1 aliphatic rings. The number of ether oxygens (including phenoxy) is 3. The van der Waals surface area contributed by atoms with Gasteiger partial charge < -0.3 is 24.2 Å². The lowest BCUT2D eigenvalue weighted by atomic mass is 9.91. The molecule has 1 N–H and O–H groups in total. The number of nitrogens with zero attached hydrogens (tertiary/aromatic N) is 1. The van der Waals surface area contributed by atoms with Gasteiger partial charge >= 0.3 is 5.97 Å². The molecule has 7 nitrogen and oxygen atoms in total. The van der Waals surface area contributed by atoms with Gasteiger partial charge in [0.1, 0.15) is 23.7 Å². The van der Waals surface area contributed by atoms with E-state index < -0.39 is 29.8 Å². The number of carboxylic acid groups (broad SMARTS) is 1. The van der Waals surface area contributed by atoms with Crippen LogP contribution >= 0.6 is 11.6 Å². The van der Waals surface area contributed by atoms with Crippen molar-refractivity contribution in [2.75, 3.05) is 20.8 Å². The molecule has 0 saturated carbocycles. The van der Waals surface area contributed by atoms with E-state index in [0.717, 1.165) is 16.7 Å². The molecule has 0 saturated heterocycles. The van der Waals surface area contributed by atoms with Crippen LogP contribution in [0.25, 0.3) is 0 Å². The molecule has 1 aliphatic heterocycles. The molecule has 0 aromatic heterocycles. The Morgan fingerprint density at radius 3 is 2.57 bits per heavy atom. The Labute approximate surface area is 219 Å². The van der Waals surface area contributed by atoms with Gasteiger partial charge in [-0.25, -0.2) is 4.39 Å². The van der Waals surface area contributed by atoms with E-state index in [2.05, 4.69) is 0 Å². The summed E-state index contributed by atoms with van der Waals surface area (Å²) in [6, 6.07) is 15.0. The Kier molecular flexibility index (Phi) is 7.59. The van der Waals surface area contributed by atoms with Gasteiger partial charge in [-0.05, 0) is 54.4 Å². The molecule has 3 aromatic carbocycles. The number of halogens is 2. The number of hydrogen-bond donors (Lipinski definition) is 1. The second-order valence-corrected chi connectivity index (χ2v) is 9.63. The molecule has 0 radical (unpaired) electrons. The van der Waals surface area contributed by atoms with Crippen LogP contribution in [0.4, 0.5) is 4.39 Å². The third-order valence-corrected chi connectivity index (χ3v) is 6.50. The van der Waals surface area contributed by atoms with E-state index in [1.165, 1.54) is 31.3 Å². The average molecular weight is 528 g/mol. The molecule has 1 atom stereocenters. The highest BCUT2D eigenvalue weighted by Gasteiger charge is 2.38. The van der Waals surface area contributed by atoms with E-state index in [-0.39, 0.29) is 17.1 Å². The third kappa shape index (κ3) is 5.97. The van der Waals surface area contributed by atoms with E-state index in [0.29, 0.717) is 30.1 Å². The Morgan fingerprint density at radius 1 is 1.11 bits per heavy atom. The zero-order valence-electron chi connectivity index (χ0n) is 20.7. The molecule has 1 amide bonds.